The molecule has 8 heteroatoms. The van der Waals surface area contributed by atoms with Gasteiger partial charge in [-0.05, 0) is 29.3 Å². The van der Waals surface area contributed by atoms with E-state index in [9.17, 15) is 14.4 Å². The third-order valence-electron chi connectivity index (χ3n) is 6.12. The monoisotopic (exact) mass is 403 g/mol. The number of hydrogen-bond donors (Lipinski definition) is 1. The van der Waals surface area contributed by atoms with E-state index in [2.05, 4.69) is 4.98 Å². The Morgan fingerprint density at radius 3 is 2.70 bits per heavy atom. The van der Waals surface area contributed by atoms with Gasteiger partial charge >= 0.3 is 5.82 Å². The summed E-state index contributed by atoms with van der Waals surface area (Å²) in [6.07, 6.45) is 0.452. The smallest absolute Gasteiger partial charge is 0.391 e. The normalized spacial score (nSPS) is 21.4. The molecule has 8 nitrogen and oxygen atoms in total. The number of carbonyl (C=O) groups excluding carboxylic acids is 2. The molecule has 4 heterocycles. The van der Waals surface area contributed by atoms with Crippen molar-refractivity contribution in [2.45, 2.75) is 18.5 Å². The van der Waals surface area contributed by atoms with Gasteiger partial charge in [-0.2, -0.15) is 0 Å². The van der Waals surface area contributed by atoms with Gasteiger partial charge in [-0.1, -0.05) is 24.3 Å². The number of aromatic amines is 1. The van der Waals surface area contributed by atoms with E-state index in [-0.39, 0.29) is 18.4 Å². The van der Waals surface area contributed by atoms with Crippen LogP contribution in [0.1, 0.15) is 22.9 Å². The van der Waals surface area contributed by atoms with Crippen LogP contribution in [-0.2, 0) is 16.0 Å². The summed E-state index contributed by atoms with van der Waals surface area (Å²) in [6.45, 7) is 0.0322. The third-order valence-corrected chi connectivity index (χ3v) is 6.12. The number of aromatic nitrogens is 1. The van der Waals surface area contributed by atoms with Gasteiger partial charge in [0.05, 0.1) is 12.6 Å². The zero-order valence-electron chi connectivity index (χ0n) is 16.0. The largest absolute Gasteiger partial charge is 0.519 e. The van der Waals surface area contributed by atoms with E-state index >= 15 is 0 Å². The van der Waals surface area contributed by atoms with Gasteiger partial charge in [0.15, 0.2) is 11.2 Å². The lowest BCUT2D eigenvalue weighted by atomic mass is 9.86. The second-order valence-electron chi connectivity index (χ2n) is 7.84. The van der Waals surface area contributed by atoms with Crippen LogP contribution in [0.4, 0.5) is 0 Å². The Balaban J connectivity index is 1.62. The molecule has 1 N–H and O–H groups in total. The number of rotatable bonds is 1. The molecule has 0 unspecified atom stereocenters. The minimum absolute atomic E-state index is 0.0322. The number of amides is 2. The number of likely N-dealkylation sites (N-methyl/N-ethyl adjacent to an activating group) is 1. The van der Waals surface area contributed by atoms with Crippen molar-refractivity contribution in [3.05, 3.63) is 69.9 Å². The molecule has 2 aromatic heterocycles. The predicted molar refractivity (Wildman–Crippen MR) is 107 cm³/mol. The molecule has 6 rings (SSSR count). The van der Waals surface area contributed by atoms with E-state index in [0.29, 0.717) is 17.6 Å². The van der Waals surface area contributed by atoms with Crippen LogP contribution in [0.2, 0.25) is 0 Å². The minimum atomic E-state index is -0.777. The Labute approximate surface area is 169 Å². The van der Waals surface area contributed by atoms with Gasteiger partial charge < -0.3 is 23.6 Å². The van der Waals surface area contributed by atoms with Gasteiger partial charge in [0.2, 0.25) is 11.8 Å². The Hall–Kier alpha value is -3.81. The van der Waals surface area contributed by atoms with Crippen molar-refractivity contribution in [1.82, 2.24) is 14.8 Å². The van der Waals surface area contributed by atoms with E-state index in [1.54, 1.807) is 30.1 Å². The molecule has 4 aromatic rings. The number of fused-ring (bicyclic) bond motifs is 5. The number of carbonyl (C=O) groups is 2. The van der Waals surface area contributed by atoms with Crippen molar-refractivity contribution < 1.29 is 18.4 Å². The molecule has 0 spiro atoms. The number of benzene rings is 2. The lowest BCUT2D eigenvalue weighted by Gasteiger charge is -2.46. The second-order valence-corrected chi connectivity index (χ2v) is 7.84. The summed E-state index contributed by atoms with van der Waals surface area (Å²) in [5, 5.41) is 1.04. The first-order valence-electron chi connectivity index (χ1n) is 9.70. The molecule has 0 radical (unpaired) electrons. The summed E-state index contributed by atoms with van der Waals surface area (Å²) in [7, 11) is 1.66. The van der Waals surface area contributed by atoms with E-state index in [4.69, 9.17) is 8.83 Å². The number of hydrogen-bond acceptors (Lipinski definition) is 5. The van der Waals surface area contributed by atoms with Crippen molar-refractivity contribution >= 4 is 33.9 Å². The molecule has 30 heavy (non-hydrogen) atoms. The quantitative estimate of drug-likeness (QED) is 0.525. The highest BCUT2D eigenvalue weighted by Gasteiger charge is 2.47. The fourth-order valence-corrected chi connectivity index (χ4v) is 4.81. The van der Waals surface area contributed by atoms with Crippen LogP contribution in [0.3, 0.4) is 0 Å². The Bertz CT molecular complexity index is 1410. The Morgan fingerprint density at radius 1 is 1.03 bits per heavy atom. The van der Waals surface area contributed by atoms with Crippen LogP contribution in [0, 0.1) is 0 Å². The average molecular weight is 403 g/mol. The first-order chi connectivity index (χ1) is 14.5. The molecule has 0 bridgehead atoms. The van der Waals surface area contributed by atoms with Crippen LogP contribution in [0.15, 0.2) is 56.1 Å². The lowest BCUT2D eigenvalue weighted by Crippen LogP contribution is -2.62. The summed E-state index contributed by atoms with van der Waals surface area (Å²) >= 11 is 0. The molecule has 2 aromatic carbocycles. The maximum absolute atomic E-state index is 13.1. The van der Waals surface area contributed by atoms with Crippen LogP contribution in [0.25, 0.3) is 22.1 Å². The maximum atomic E-state index is 13.1. The summed E-state index contributed by atoms with van der Waals surface area (Å²) in [5.41, 5.74) is 4.26. The average Bonchev–Trinajstić information content (AvgIpc) is 3.29. The molecule has 2 atom stereocenters. The third kappa shape index (κ3) is 2.24. The predicted octanol–water partition coefficient (Wildman–Crippen LogP) is 2.18. The molecular weight excluding hydrogens is 386 g/mol. The standard InChI is InChI=1S/C22H17N3O5/c1-24-10-18(26)25-15(21(24)27)9-13-12-4-2-3-5-14(12)23-19(13)20(25)11-6-7-16-17(8-11)30-22(28)29-16/h2-8,15,20,23H,9-10H2,1H3/t15-,20-/m1/s1. The van der Waals surface area contributed by atoms with Crippen molar-refractivity contribution in [3.8, 4) is 0 Å². The van der Waals surface area contributed by atoms with E-state index < -0.39 is 17.9 Å². The SMILES string of the molecule is CN1CC(=O)N2[C@H](c3ccc4oc(=O)oc4c3)c3[nH]c4ccccc4c3C[C@@H]2C1=O. The highest BCUT2D eigenvalue weighted by atomic mass is 16.6. The van der Waals surface area contributed by atoms with E-state index in [1.165, 1.54) is 4.90 Å². The van der Waals surface area contributed by atoms with Crippen LogP contribution in [-0.4, -0.2) is 46.2 Å². The zero-order chi connectivity index (χ0) is 20.6. The molecule has 2 aliphatic rings. The first-order valence-corrected chi connectivity index (χ1v) is 9.70. The summed E-state index contributed by atoms with van der Waals surface area (Å²) in [6, 6.07) is 12.0. The van der Waals surface area contributed by atoms with Gasteiger partial charge in [-0.15, -0.1) is 0 Å². The van der Waals surface area contributed by atoms with Crippen molar-refractivity contribution in [2.75, 3.05) is 13.6 Å². The van der Waals surface area contributed by atoms with Crippen LogP contribution in [0.5, 0.6) is 0 Å². The number of para-hydroxylation sites is 1. The van der Waals surface area contributed by atoms with Gasteiger partial charge in [0.25, 0.3) is 0 Å². The van der Waals surface area contributed by atoms with Gasteiger partial charge in [-0.3, -0.25) is 9.59 Å². The topological polar surface area (TPSA) is 99.8 Å². The molecule has 2 amide bonds. The van der Waals surface area contributed by atoms with Crippen LogP contribution < -0.4 is 5.82 Å². The second kappa shape index (κ2) is 5.85. The fourth-order valence-electron chi connectivity index (χ4n) is 4.81. The van der Waals surface area contributed by atoms with E-state index in [1.807, 2.05) is 24.3 Å². The van der Waals surface area contributed by atoms with Gasteiger partial charge in [0.1, 0.15) is 6.04 Å². The lowest BCUT2D eigenvalue weighted by molar-refractivity contribution is -0.157. The van der Waals surface area contributed by atoms with Gasteiger partial charge in [-0.25, -0.2) is 4.79 Å². The summed E-state index contributed by atoms with van der Waals surface area (Å²) in [4.78, 5) is 44.2. The molecule has 0 aliphatic carbocycles. The zero-order valence-corrected chi connectivity index (χ0v) is 16.0. The summed E-state index contributed by atoms with van der Waals surface area (Å²) < 4.78 is 10.2. The highest BCUT2D eigenvalue weighted by molar-refractivity contribution is 5.97. The van der Waals surface area contributed by atoms with Crippen molar-refractivity contribution in [1.29, 1.82) is 0 Å². The molecule has 2 aliphatic heterocycles. The molecule has 1 fully saturated rings. The molecule has 150 valence electrons. The summed E-state index contributed by atoms with van der Waals surface area (Å²) in [5.74, 6) is -0.975. The van der Waals surface area contributed by atoms with Gasteiger partial charge in [0, 0.05) is 30.1 Å². The molecular formula is C22H17N3O5. The number of nitrogens with zero attached hydrogens (tertiary/aromatic N) is 2. The fraction of sp³-hybridized carbons (Fsp3) is 0.227. The van der Waals surface area contributed by atoms with Crippen molar-refractivity contribution in [2.24, 2.45) is 0 Å². The number of nitrogens with one attached hydrogen (secondary N) is 1. The number of H-pyrrole nitrogens is 1. The van der Waals surface area contributed by atoms with Crippen molar-refractivity contribution in [3.63, 3.8) is 0 Å². The first kappa shape index (κ1) is 17.1. The maximum Gasteiger partial charge on any atom is 0.519 e. The Morgan fingerprint density at radius 2 is 1.83 bits per heavy atom. The highest BCUT2D eigenvalue weighted by Crippen LogP contribution is 2.42. The number of piperazine rings is 1. The van der Waals surface area contributed by atoms with E-state index in [0.717, 1.165) is 27.7 Å². The molecule has 1 saturated heterocycles. The van der Waals surface area contributed by atoms with Crippen LogP contribution >= 0.6 is 0 Å². The molecule has 0 saturated carbocycles. The minimum Gasteiger partial charge on any atom is -0.391 e. The Kier molecular flexibility index (Phi) is 3.33.